The van der Waals surface area contributed by atoms with E-state index in [4.69, 9.17) is 0 Å². The monoisotopic (exact) mass is 383 g/mol. The second-order valence-corrected chi connectivity index (χ2v) is 9.58. The Bertz CT molecular complexity index is 1050. The van der Waals surface area contributed by atoms with Gasteiger partial charge in [0.25, 0.3) is 5.91 Å². The summed E-state index contributed by atoms with van der Waals surface area (Å²) in [4.78, 5) is 27.4. The number of benzene rings is 2. The molecular weight excluding hydrogens is 362 g/mol. The highest BCUT2D eigenvalue weighted by Gasteiger charge is 2.35. The number of rotatable bonds is 1. The van der Waals surface area contributed by atoms with Gasteiger partial charge in [0.15, 0.2) is 5.78 Å². The number of likely N-dealkylation sites (tertiary alicyclic amines) is 1. The van der Waals surface area contributed by atoms with Crippen molar-refractivity contribution < 1.29 is 18.0 Å². The van der Waals surface area contributed by atoms with Crippen molar-refractivity contribution >= 4 is 21.5 Å². The van der Waals surface area contributed by atoms with Crippen molar-refractivity contribution in [3.05, 3.63) is 59.2 Å². The van der Waals surface area contributed by atoms with Crippen LogP contribution in [0.15, 0.2) is 52.3 Å². The molecule has 2 atom stereocenters. The van der Waals surface area contributed by atoms with Gasteiger partial charge in [-0.15, -0.1) is 0 Å². The number of hydrogen-bond acceptors (Lipinski definition) is 4. The minimum atomic E-state index is -3.83. The molecule has 2 aliphatic rings. The Labute approximate surface area is 158 Å². The van der Waals surface area contributed by atoms with Gasteiger partial charge in [0.2, 0.25) is 9.84 Å². The van der Waals surface area contributed by atoms with Crippen LogP contribution in [0, 0.1) is 11.8 Å². The molecular formula is C21H21NO4S. The summed E-state index contributed by atoms with van der Waals surface area (Å²) in [6.45, 7) is 5.55. The number of amides is 1. The Morgan fingerprint density at radius 3 is 2.30 bits per heavy atom. The number of carbonyl (C=O) groups excluding carboxylic acids is 2. The van der Waals surface area contributed by atoms with Crippen LogP contribution in [0.3, 0.4) is 0 Å². The first-order valence-electron chi connectivity index (χ1n) is 9.11. The van der Waals surface area contributed by atoms with Gasteiger partial charge >= 0.3 is 0 Å². The van der Waals surface area contributed by atoms with E-state index in [9.17, 15) is 18.0 Å². The summed E-state index contributed by atoms with van der Waals surface area (Å²) in [6, 6.07) is 10.6. The highest BCUT2D eigenvalue weighted by atomic mass is 32.2. The maximum Gasteiger partial charge on any atom is 0.253 e. The van der Waals surface area contributed by atoms with E-state index >= 15 is 0 Å². The standard InChI is InChI=1S/C21H21NO4S/c1-13-9-14(2)12-22(11-13)21(24)15-7-8-17-19(10-15)27(25,26)18-6-4-3-5-16(18)20(17)23/h3-8,10,13-14H,9,11-12H2,1-2H3. The van der Waals surface area contributed by atoms with Crippen LogP contribution >= 0.6 is 0 Å². The lowest BCUT2D eigenvalue weighted by atomic mass is 9.91. The molecule has 6 heteroatoms. The molecule has 140 valence electrons. The second kappa shape index (κ2) is 6.30. The number of fused-ring (bicyclic) bond motifs is 2. The van der Waals surface area contributed by atoms with Gasteiger partial charge in [-0.1, -0.05) is 26.0 Å². The number of sulfone groups is 1. The molecule has 0 bridgehead atoms. The number of hydrogen-bond donors (Lipinski definition) is 0. The largest absolute Gasteiger partial charge is 0.338 e. The molecule has 2 aromatic carbocycles. The Kier molecular flexibility index (Phi) is 4.18. The van der Waals surface area contributed by atoms with Gasteiger partial charge in [-0.25, -0.2) is 8.42 Å². The van der Waals surface area contributed by atoms with Crippen molar-refractivity contribution in [1.29, 1.82) is 0 Å². The molecule has 5 nitrogen and oxygen atoms in total. The van der Waals surface area contributed by atoms with Crippen molar-refractivity contribution in [3.63, 3.8) is 0 Å². The third kappa shape index (κ3) is 2.88. The zero-order valence-corrected chi connectivity index (χ0v) is 16.1. The fraction of sp³-hybridized carbons (Fsp3) is 0.333. The van der Waals surface area contributed by atoms with Crippen LogP contribution in [-0.2, 0) is 9.84 Å². The van der Waals surface area contributed by atoms with Gasteiger partial charge in [0.05, 0.1) is 9.79 Å². The van der Waals surface area contributed by atoms with E-state index in [1.807, 2.05) is 0 Å². The van der Waals surface area contributed by atoms with Crippen LogP contribution in [0.2, 0.25) is 0 Å². The summed E-state index contributed by atoms with van der Waals surface area (Å²) < 4.78 is 26.0. The minimum Gasteiger partial charge on any atom is -0.338 e. The molecule has 4 rings (SSSR count). The van der Waals surface area contributed by atoms with Gasteiger partial charge in [0, 0.05) is 29.8 Å². The van der Waals surface area contributed by atoms with Gasteiger partial charge in [0.1, 0.15) is 0 Å². The summed E-state index contributed by atoms with van der Waals surface area (Å²) in [6.07, 6.45) is 1.08. The van der Waals surface area contributed by atoms with E-state index in [0.717, 1.165) is 6.42 Å². The van der Waals surface area contributed by atoms with Crippen molar-refractivity contribution in [1.82, 2.24) is 4.90 Å². The van der Waals surface area contributed by atoms with E-state index in [1.54, 1.807) is 23.1 Å². The number of piperidine rings is 1. The highest BCUT2D eigenvalue weighted by Crippen LogP contribution is 2.35. The van der Waals surface area contributed by atoms with Crippen LogP contribution in [0.4, 0.5) is 0 Å². The molecule has 0 aliphatic carbocycles. The summed E-state index contributed by atoms with van der Waals surface area (Å²) in [5.41, 5.74) is 0.624. The molecule has 0 spiro atoms. The van der Waals surface area contributed by atoms with Crippen molar-refractivity contribution in [2.24, 2.45) is 11.8 Å². The first kappa shape index (κ1) is 17.9. The third-order valence-electron chi connectivity index (χ3n) is 5.34. The average molecular weight is 383 g/mol. The molecule has 2 unspecified atom stereocenters. The Morgan fingerprint density at radius 1 is 0.963 bits per heavy atom. The van der Waals surface area contributed by atoms with Crippen molar-refractivity contribution in [2.75, 3.05) is 13.1 Å². The Morgan fingerprint density at radius 2 is 1.59 bits per heavy atom. The minimum absolute atomic E-state index is 0.00677. The smallest absolute Gasteiger partial charge is 0.253 e. The SMILES string of the molecule is CC1CC(C)CN(C(=O)c2ccc3c(c2)S(=O)(=O)c2ccccc2C3=O)C1. The molecule has 0 N–H and O–H groups in total. The van der Waals surface area contributed by atoms with Crippen LogP contribution in [0.25, 0.3) is 0 Å². The lowest BCUT2D eigenvalue weighted by Gasteiger charge is -2.35. The Balaban J connectivity index is 1.77. The summed E-state index contributed by atoms with van der Waals surface area (Å²) in [7, 11) is -3.83. The second-order valence-electron chi connectivity index (χ2n) is 7.70. The zero-order valence-electron chi connectivity index (χ0n) is 15.3. The lowest BCUT2D eigenvalue weighted by Crippen LogP contribution is -2.42. The molecule has 2 aliphatic heterocycles. The van der Waals surface area contributed by atoms with Crippen molar-refractivity contribution in [2.45, 2.75) is 30.1 Å². The molecule has 2 aromatic rings. The maximum atomic E-state index is 13.0. The fourth-order valence-electron chi connectivity index (χ4n) is 4.23. The van der Waals surface area contributed by atoms with Crippen LogP contribution in [0.5, 0.6) is 0 Å². The highest BCUT2D eigenvalue weighted by molar-refractivity contribution is 7.91. The molecule has 0 saturated carbocycles. The van der Waals surface area contributed by atoms with E-state index < -0.39 is 9.84 Å². The van der Waals surface area contributed by atoms with Gasteiger partial charge in [-0.2, -0.15) is 0 Å². The summed E-state index contributed by atoms with van der Waals surface area (Å²) in [5.74, 6) is 0.312. The zero-order chi connectivity index (χ0) is 19.3. The maximum absolute atomic E-state index is 13.0. The number of carbonyl (C=O) groups is 2. The van der Waals surface area contributed by atoms with E-state index in [-0.39, 0.29) is 32.6 Å². The van der Waals surface area contributed by atoms with Gasteiger partial charge < -0.3 is 4.90 Å². The molecule has 0 aromatic heterocycles. The van der Waals surface area contributed by atoms with E-state index in [0.29, 0.717) is 30.5 Å². The quantitative estimate of drug-likeness (QED) is 0.647. The Hall–Kier alpha value is -2.47. The van der Waals surface area contributed by atoms with Gasteiger partial charge in [-0.3, -0.25) is 9.59 Å². The fourth-order valence-corrected chi connectivity index (χ4v) is 5.91. The van der Waals surface area contributed by atoms with Crippen molar-refractivity contribution in [3.8, 4) is 0 Å². The average Bonchev–Trinajstić information content (AvgIpc) is 2.65. The van der Waals surface area contributed by atoms with Gasteiger partial charge in [-0.05, 0) is 48.6 Å². The predicted octanol–water partition coefficient (Wildman–Crippen LogP) is 3.18. The molecule has 1 fully saturated rings. The number of nitrogens with zero attached hydrogens (tertiary/aromatic N) is 1. The van der Waals surface area contributed by atoms with Crippen LogP contribution in [-0.4, -0.2) is 38.1 Å². The number of ketones is 1. The lowest BCUT2D eigenvalue weighted by molar-refractivity contribution is 0.0622. The molecule has 1 amide bonds. The molecule has 2 heterocycles. The summed E-state index contributed by atoms with van der Waals surface area (Å²) in [5, 5.41) is 0. The molecule has 27 heavy (non-hydrogen) atoms. The topological polar surface area (TPSA) is 71.5 Å². The van der Waals surface area contributed by atoms with E-state index in [2.05, 4.69) is 13.8 Å². The first-order chi connectivity index (χ1) is 12.8. The van der Waals surface area contributed by atoms with E-state index in [1.165, 1.54) is 24.3 Å². The van der Waals surface area contributed by atoms with Crippen LogP contribution in [0.1, 0.15) is 46.5 Å². The first-order valence-corrected chi connectivity index (χ1v) is 10.6. The van der Waals surface area contributed by atoms with Crippen LogP contribution < -0.4 is 0 Å². The third-order valence-corrected chi connectivity index (χ3v) is 7.19. The molecule has 0 radical (unpaired) electrons. The summed E-state index contributed by atoms with van der Waals surface area (Å²) >= 11 is 0. The predicted molar refractivity (Wildman–Crippen MR) is 101 cm³/mol. The normalized spacial score (nSPS) is 23.5. The molecule has 1 saturated heterocycles.